The molecule has 36 heavy (non-hydrogen) atoms. The van der Waals surface area contributed by atoms with Crippen molar-refractivity contribution in [3.8, 4) is 0 Å². The molecule has 0 spiro atoms. The van der Waals surface area contributed by atoms with Crippen LogP contribution in [0.4, 0.5) is 9.59 Å². The third-order valence-corrected chi connectivity index (χ3v) is 5.11. The van der Waals surface area contributed by atoms with Gasteiger partial charge in [0.1, 0.15) is 11.2 Å². The number of amides is 2. The number of nitrogens with one attached hydrogen (secondary N) is 2. The second-order valence-electron chi connectivity index (χ2n) is 10.7. The molecule has 0 saturated heterocycles. The van der Waals surface area contributed by atoms with Crippen LogP contribution in [0.1, 0.15) is 81.4 Å². The summed E-state index contributed by atoms with van der Waals surface area (Å²) in [6, 6.07) is 15.2. The minimum atomic E-state index is -0.539. The van der Waals surface area contributed by atoms with Crippen molar-refractivity contribution in [2.24, 2.45) is 0 Å². The maximum Gasteiger partial charge on any atom is 0.407 e. The predicted octanol–water partition coefficient (Wildman–Crippen LogP) is 5.83. The highest BCUT2D eigenvalue weighted by Gasteiger charge is 2.18. The van der Waals surface area contributed by atoms with Crippen LogP contribution in [-0.4, -0.2) is 42.3 Å². The topological polar surface area (TPSA) is 93.7 Å². The van der Waals surface area contributed by atoms with Crippen molar-refractivity contribution in [3.05, 3.63) is 70.8 Å². The number of hydrogen-bond acceptors (Lipinski definition) is 5. The molecule has 0 aromatic heterocycles. The molecule has 0 atom stereocenters. The highest BCUT2D eigenvalue weighted by molar-refractivity contribution is 6.10. The Morgan fingerprint density at radius 1 is 0.639 bits per heavy atom. The summed E-state index contributed by atoms with van der Waals surface area (Å²) < 4.78 is 10.5. The first-order valence-electron chi connectivity index (χ1n) is 12.5. The molecule has 2 aromatic rings. The van der Waals surface area contributed by atoms with E-state index in [0.29, 0.717) is 49.9 Å². The summed E-state index contributed by atoms with van der Waals surface area (Å²) in [5.74, 6) is -0.0265. The maximum absolute atomic E-state index is 13.5. The molecule has 0 aliphatic carbocycles. The predicted molar refractivity (Wildman–Crippen MR) is 141 cm³/mol. The van der Waals surface area contributed by atoms with E-state index in [9.17, 15) is 14.4 Å². The molecule has 196 valence electrons. The van der Waals surface area contributed by atoms with E-state index in [2.05, 4.69) is 10.6 Å². The Morgan fingerprint density at radius 2 is 1.00 bits per heavy atom. The number of aryl methyl sites for hydroxylation is 2. The molecule has 2 rings (SSSR count). The molecule has 0 radical (unpaired) electrons. The molecule has 7 nitrogen and oxygen atoms in total. The van der Waals surface area contributed by atoms with Gasteiger partial charge in [0.25, 0.3) is 0 Å². The summed E-state index contributed by atoms with van der Waals surface area (Å²) in [5, 5.41) is 5.53. The van der Waals surface area contributed by atoms with E-state index in [1.54, 1.807) is 0 Å². The minimum Gasteiger partial charge on any atom is -0.444 e. The second kappa shape index (κ2) is 13.1. The first-order chi connectivity index (χ1) is 16.9. The number of alkyl carbamates (subject to hydrolysis) is 2. The van der Waals surface area contributed by atoms with Crippen molar-refractivity contribution in [1.82, 2.24) is 10.6 Å². The van der Waals surface area contributed by atoms with E-state index in [0.717, 1.165) is 11.1 Å². The standard InChI is InChI=1S/C29H40N2O5/c1-28(2,3)35-26(33)30-19-11-15-21-13-7-9-17-23(21)25(32)24-18-10-8-14-22(24)16-12-20-31-27(34)36-29(4,5)6/h7-10,13-14,17-18H,11-12,15-16,19-20H2,1-6H3,(H,30,33)(H,31,34). The molecule has 0 saturated carbocycles. The van der Waals surface area contributed by atoms with Crippen LogP contribution in [0.25, 0.3) is 0 Å². The minimum absolute atomic E-state index is 0.0265. The SMILES string of the molecule is CC(C)(C)OC(=O)NCCCc1ccccc1C(=O)c1ccccc1CCCNC(=O)OC(C)(C)C. The van der Waals surface area contributed by atoms with Crippen LogP contribution in [-0.2, 0) is 22.3 Å². The monoisotopic (exact) mass is 496 g/mol. The number of ether oxygens (including phenoxy) is 2. The zero-order valence-corrected chi connectivity index (χ0v) is 22.4. The van der Waals surface area contributed by atoms with Crippen molar-refractivity contribution in [2.45, 2.75) is 78.4 Å². The molecule has 2 aromatic carbocycles. The highest BCUT2D eigenvalue weighted by Crippen LogP contribution is 2.20. The number of carbonyl (C=O) groups excluding carboxylic acids is 3. The first-order valence-corrected chi connectivity index (χ1v) is 12.5. The molecule has 2 N–H and O–H groups in total. The van der Waals surface area contributed by atoms with E-state index < -0.39 is 23.4 Å². The molecule has 0 aliphatic rings. The Labute approximate surface area is 215 Å². The highest BCUT2D eigenvalue weighted by atomic mass is 16.6. The lowest BCUT2D eigenvalue weighted by Crippen LogP contribution is -2.33. The number of carbonyl (C=O) groups is 3. The average molecular weight is 497 g/mol. The molecule has 0 heterocycles. The van der Waals surface area contributed by atoms with Gasteiger partial charge in [-0.15, -0.1) is 0 Å². The Balaban J connectivity index is 1.97. The van der Waals surface area contributed by atoms with Crippen molar-refractivity contribution in [1.29, 1.82) is 0 Å². The summed E-state index contributed by atoms with van der Waals surface area (Å²) in [4.78, 5) is 37.2. The van der Waals surface area contributed by atoms with Crippen LogP contribution in [0.5, 0.6) is 0 Å². The van der Waals surface area contributed by atoms with Crippen LogP contribution in [0, 0.1) is 0 Å². The van der Waals surface area contributed by atoms with E-state index in [1.807, 2.05) is 90.1 Å². The Hall–Kier alpha value is -3.35. The molecule has 2 amide bonds. The third kappa shape index (κ3) is 10.5. The lowest BCUT2D eigenvalue weighted by Gasteiger charge is -2.19. The van der Waals surface area contributed by atoms with Gasteiger partial charge in [-0.3, -0.25) is 4.79 Å². The Morgan fingerprint density at radius 3 is 1.36 bits per heavy atom. The molecule has 0 unspecified atom stereocenters. The Bertz CT molecular complexity index is 953. The van der Waals surface area contributed by atoms with E-state index in [1.165, 1.54) is 0 Å². The summed E-state index contributed by atoms with van der Waals surface area (Å²) in [5.41, 5.74) is 2.12. The van der Waals surface area contributed by atoms with Crippen LogP contribution in [0.15, 0.2) is 48.5 Å². The average Bonchev–Trinajstić information content (AvgIpc) is 2.77. The van der Waals surface area contributed by atoms with E-state index in [4.69, 9.17) is 9.47 Å². The number of hydrogen-bond donors (Lipinski definition) is 2. The van der Waals surface area contributed by atoms with Gasteiger partial charge in [-0.1, -0.05) is 48.5 Å². The smallest absolute Gasteiger partial charge is 0.407 e. The van der Waals surface area contributed by atoms with E-state index in [-0.39, 0.29) is 5.78 Å². The lowest BCUT2D eigenvalue weighted by molar-refractivity contribution is 0.0515. The lowest BCUT2D eigenvalue weighted by atomic mass is 9.92. The largest absolute Gasteiger partial charge is 0.444 e. The zero-order chi connectivity index (χ0) is 26.8. The normalized spacial score (nSPS) is 11.5. The van der Waals surface area contributed by atoms with Gasteiger partial charge in [-0.05, 0) is 78.4 Å². The van der Waals surface area contributed by atoms with Crippen LogP contribution in [0.2, 0.25) is 0 Å². The fourth-order valence-corrected chi connectivity index (χ4v) is 3.63. The van der Waals surface area contributed by atoms with Gasteiger partial charge >= 0.3 is 12.2 Å². The fourth-order valence-electron chi connectivity index (χ4n) is 3.63. The summed E-state index contributed by atoms with van der Waals surface area (Å²) in [7, 11) is 0. The van der Waals surface area contributed by atoms with Crippen molar-refractivity contribution < 1.29 is 23.9 Å². The summed E-state index contributed by atoms with van der Waals surface area (Å²) in [6.07, 6.45) is 1.78. The van der Waals surface area contributed by atoms with Gasteiger partial charge in [-0.2, -0.15) is 0 Å². The fraction of sp³-hybridized carbons (Fsp3) is 0.483. The van der Waals surface area contributed by atoms with Crippen LogP contribution in [0.3, 0.4) is 0 Å². The van der Waals surface area contributed by atoms with Gasteiger partial charge in [0, 0.05) is 24.2 Å². The number of ketones is 1. The molecule has 0 bridgehead atoms. The molecule has 0 fully saturated rings. The van der Waals surface area contributed by atoms with Crippen LogP contribution >= 0.6 is 0 Å². The summed E-state index contributed by atoms with van der Waals surface area (Å²) >= 11 is 0. The summed E-state index contributed by atoms with van der Waals surface area (Å²) in [6.45, 7) is 11.9. The van der Waals surface area contributed by atoms with Gasteiger partial charge in [-0.25, -0.2) is 9.59 Å². The van der Waals surface area contributed by atoms with Crippen LogP contribution < -0.4 is 10.6 Å². The first kappa shape index (κ1) is 28.9. The van der Waals surface area contributed by atoms with Gasteiger partial charge < -0.3 is 20.1 Å². The van der Waals surface area contributed by atoms with E-state index >= 15 is 0 Å². The Kier molecular flexibility index (Phi) is 10.5. The zero-order valence-electron chi connectivity index (χ0n) is 22.4. The molecular formula is C29H40N2O5. The molecular weight excluding hydrogens is 456 g/mol. The van der Waals surface area contributed by atoms with Crippen molar-refractivity contribution >= 4 is 18.0 Å². The maximum atomic E-state index is 13.5. The number of benzene rings is 2. The molecule has 7 heteroatoms. The van der Waals surface area contributed by atoms with Gasteiger partial charge in [0.2, 0.25) is 0 Å². The second-order valence-corrected chi connectivity index (χ2v) is 10.7. The number of rotatable bonds is 10. The molecule has 0 aliphatic heterocycles. The van der Waals surface area contributed by atoms with Gasteiger partial charge in [0.05, 0.1) is 0 Å². The van der Waals surface area contributed by atoms with Crippen molar-refractivity contribution in [2.75, 3.05) is 13.1 Å². The quantitative estimate of drug-likeness (QED) is 0.319. The van der Waals surface area contributed by atoms with Crippen molar-refractivity contribution in [3.63, 3.8) is 0 Å². The van der Waals surface area contributed by atoms with Gasteiger partial charge in [0.15, 0.2) is 5.78 Å². The third-order valence-electron chi connectivity index (χ3n) is 5.11.